The minimum atomic E-state index is -0.343. The van der Waals surface area contributed by atoms with Crippen molar-refractivity contribution in [1.82, 2.24) is 0 Å². The zero-order valence-electron chi connectivity index (χ0n) is 21.3. The number of ether oxygens (including phenoxy) is 2. The summed E-state index contributed by atoms with van der Waals surface area (Å²) in [4.78, 5) is 12.4. The Morgan fingerprint density at radius 1 is 0.758 bits per heavy atom. The first-order chi connectivity index (χ1) is 16.0. The van der Waals surface area contributed by atoms with Gasteiger partial charge in [0.25, 0.3) is 0 Å². The van der Waals surface area contributed by atoms with E-state index in [0.717, 1.165) is 30.9 Å². The Kier molecular flexibility index (Phi) is 12.7. The normalized spacial score (nSPS) is 12.8. The van der Waals surface area contributed by atoms with E-state index in [9.17, 15) is 4.79 Å². The fourth-order valence-corrected chi connectivity index (χ4v) is 3.99. The van der Waals surface area contributed by atoms with Crippen molar-refractivity contribution in [3.05, 3.63) is 59.7 Å². The molecular weight excluding hydrogens is 408 g/mol. The lowest BCUT2D eigenvalue weighted by molar-refractivity contribution is 0.0734. The monoisotopic (exact) mass is 452 g/mol. The van der Waals surface area contributed by atoms with Crippen LogP contribution in [0, 0.1) is 5.92 Å². The fourth-order valence-electron chi connectivity index (χ4n) is 3.99. The molecule has 2 aromatic rings. The maximum atomic E-state index is 12.4. The lowest BCUT2D eigenvalue weighted by Gasteiger charge is -2.13. The van der Waals surface area contributed by atoms with Gasteiger partial charge in [-0.25, -0.2) is 4.79 Å². The van der Waals surface area contributed by atoms with Crippen molar-refractivity contribution in [2.75, 3.05) is 0 Å². The van der Waals surface area contributed by atoms with Crippen LogP contribution in [0.1, 0.15) is 108 Å². The third kappa shape index (κ3) is 10.9. The average molecular weight is 453 g/mol. The minimum absolute atomic E-state index is 0.172. The van der Waals surface area contributed by atoms with E-state index in [1.54, 1.807) is 12.1 Å². The van der Waals surface area contributed by atoms with Crippen molar-refractivity contribution < 1.29 is 14.3 Å². The molecule has 0 spiro atoms. The SMILES string of the molecule is CCC[C@@H](C)Oc1ccc(C(=O)Oc2ccc(CCCCCCCC[C@@H](C)CC)cc2)cc1. The molecule has 3 nitrogen and oxygen atoms in total. The smallest absolute Gasteiger partial charge is 0.343 e. The first-order valence-corrected chi connectivity index (χ1v) is 13.1. The van der Waals surface area contributed by atoms with Gasteiger partial charge in [0.1, 0.15) is 11.5 Å². The third-order valence-corrected chi connectivity index (χ3v) is 6.37. The quantitative estimate of drug-likeness (QED) is 0.145. The van der Waals surface area contributed by atoms with Gasteiger partial charge in [-0.15, -0.1) is 0 Å². The molecular formula is C30H44O3. The molecule has 2 aromatic carbocycles. The average Bonchev–Trinajstić information content (AvgIpc) is 2.82. The summed E-state index contributed by atoms with van der Waals surface area (Å²) in [5.74, 6) is 1.90. The van der Waals surface area contributed by atoms with Crippen LogP contribution in [0.15, 0.2) is 48.5 Å². The van der Waals surface area contributed by atoms with E-state index >= 15 is 0 Å². The minimum Gasteiger partial charge on any atom is -0.491 e. The molecule has 0 heterocycles. The van der Waals surface area contributed by atoms with E-state index in [-0.39, 0.29) is 12.1 Å². The van der Waals surface area contributed by atoms with Gasteiger partial charge in [0, 0.05) is 0 Å². The van der Waals surface area contributed by atoms with Crippen LogP contribution < -0.4 is 9.47 Å². The van der Waals surface area contributed by atoms with E-state index in [0.29, 0.717) is 11.3 Å². The van der Waals surface area contributed by atoms with Crippen LogP contribution in [0.5, 0.6) is 11.5 Å². The molecule has 0 bridgehead atoms. The molecule has 3 heteroatoms. The van der Waals surface area contributed by atoms with Crippen molar-refractivity contribution >= 4 is 5.97 Å². The van der Waals surface area contributed by atoms with Gasteiger partial charge in [0.05, 0.1) is 11.7 Å². The lowest BCUT2D eigenvalue weighted by Crippen LogP contribution is -2.11. The van der Waals surface area contributed by atoms with Crippen molar-refractivity contribution in [3.63, 3.8) is 0 Å². The van der Waals surface area contributed by atoms with Gasteiger partial charge in [-0.3, -0.25) is 0 Å². The molecule has 0 aliphatic heterocycles. The highest BCUT2D eigenvalue weighted by Crippen LogP contribution is 2.19. The van der Waals surface area contributed by atoms with E-state index < -0.39 is 0 Å². The van der Waals surface area contributed by atoms with Crippen molar-refractivity contribution in [2.45, 2.75) is 104 Å². The molecule has 0 aromatic heterocycles. The van der Waals surface area contributed by atoms with Gasteiger partial charge in [-0.2, -0.15) is 0 Å². The first kappa shape index (κ1) is 27.0. The second-order valence-electron chi connectivity index (χ2n) is 9.45. The first-order valence-electron chi connectivity index (χ1n) is 13.1. The zero-order chi connectivity index (χ0) is 23.9. The Balaban J connectivity index is 1.66. The predicted octanol–water partition coefficient (Wildman–Crippen LogP) is 8.79. The van der Waals surface area contributed by atoms with Crippen LogP contribution >= 0.6 is 0 Å². The van der Waals surface area contributed by atoms with Crippen LogP contribution in [0.25, 0.3) is 0 Å². The fraction of sp³-hybridized carbons (Fsp3) is 0.567. The predicted molar refractivity (Wildman–Crippen MR) is 138 cm³/mol. The summed E-state index contributed by atoms with van der Waals surface area (Å²) in [5, 5.41) is 0. The van der Waals surface area contributed by atoms with Gasteiger partial charge < -0.3 is 9.47 Å². The maximum Gasteiger partial charge on any atom is 0.343 e. The van der Waals surface area contributed by atoms with Gasteiger partial charge in [-0.1, -0.05) is 84.3 Å². The number of rotatable bonds is 16. The largest absolute Gasteiger partial charge is 0.491 e. The molecule has 0 unspecified atom stereocenters. The topological polar surface area (TPSA) is 35.5 Å². The highest BCUT2D eigenvalue weighted by Gasteiger charge is 2.10. The molecule has 0 amide bonds. The number of carbonyl (C=O) groups is 1. The molecule has 0 aliphatic carbocycles. The standard InChI is InChI=1S/C30H44O3/c1-5-13-25(4)32-28-22-18-27(19-23-28)30(31)33-29-20-16-26(17-21-29)15-12-10-8-7-9-11-14-24(3)6-2/h16-25H,5-15H2,1-4H3/t24-,25+/m0/s1. The summed E-state index contributed by atoms with van der Waals surface area (Å²) in [6, 6.07) is 15.1. The summed E-state index contributed by atoms with van der Waals surface area (Å²) < 4.78 is 11.4. The molecule has 2 rings (SSSR count). The van der Waals surface area contributed by atoms with Gasteiger partial charge in [0.15, 0.2) is 0 Å². The molecule has 182 valence electrons. The molecule has 0 saturated heterocycles. The molecule has 0 aliphatic rings. The third-order valence-electron chi connectivity index (χ3n) is 6.37. The summed E-state index contributed by atoms with van der Waals surface area (Å²) >= 11 is 0. The molecule has 0 N–H and O–H groups in total. The summed E-state index contributed by atoms with van der Waals surface area (Å²) in [6.07, 6.45) is 14.0. The van der Waals surface area contributed by atoms with Crippen molar-refractivity contribution in [2.24, 2.45) is 5.92 Å². The van der Waals surface area contributed by atoms with Crippen LogP contribution in [-0.4, -0.2) is 12.1 Å². The van der Waals surface area contributed by atoms with Crippen molar-refractivity contribution in [1.29, 1.82) is 0 Å². The van der Waals surface area contributed by atoms with Gasteiger partial charge in [-0.05, 0) is 74.1 Å². The number of hydrogen-bond acceptors (Lipinski definition) is 3. The number of carbonyl (C=O) groups excluding carboxylic acids is 1. The maximum absolute atomic E-state index is 12.4. The molecule has 33 heavy (non-hydrogen) atoms. The number of hydrogen-bond donors (Lipinski definition) is 0. The summed E-state index contributed by atoms with van der Waals surface area (Å²) in [7, 11) is 0. The highest BCUT2D eigenvalue weighted by molar-refractivity contribution is 5.91. The van der Waals surface area contributed by atoms with E-state index in [4.69, 9.17) is 9.47 Å². The van der Waals surface area contributed by atoms with Gasteiger partial charge >= 0.3 is 5.97 Å². The van der Waals surface area contributed by atoms with E-state index in [1.165, 1.54) is 56.9 Å². The molecule has 0 saturated carbocycles. The highest BCUT2D eigenvalue weighted by atomic mass is 16.5. The zero-order valence-corrected chi connectivity index (χ0v) is 21.3. The Labute approximate surface area is 201 Å². The number of benzene rings is 2. The summed E-state index contributed by atoms with van der Waals surface area (Å²) in [6.45, 7) is 8.84. The summed E-state index contributed by atoms with van der Waals surface area (Å²) in [5.41, 5.74) is 1.83. The van der Waals surface area contributed by atoms with Gasteiger partial charge in [0.2, 0.25) is 0 Å². The molecule has 0 fully saturated rings. The Morgan fingerprint density at radius 2 is 1.36 bits per heavy atom. The Hall–Kier alpha value is -2.29. The van der Waals surface area contributed by atoms with Crippen LogP contribution in [0.3, 0.4) is 0 Å². The second kappa shape index (κ2) is 15.5. The Bertz CT molecular complexity index is 779. The lowest BCUT2D eigenvalue weighted by atomic mass is 9.99. The molecule has 2 atom stereocenters. The van der Waals surface area contributed by atoms with E-state index in [1.807, 2.05) is 24.3 Å². The number of unbranched alkanes of at least 4 members (excludes halogenated alkanes) is 5. The van der Waals surface area contributed by atoms with Crippen molar-refractivity contribution in [3.8, 4) is 11.5 Å². The van der Waals surface area contributed by atoms with Crippen LogP contribution in [0.4, 0.5) is 0 Å². The molecule has 0 radical (unpaired) electrons. The van der Waals surface area contributed by atoms with Crippen LogP contribution in [0.2, 0.25) is 0 Å². The number of esters is 1. The van der Waals surface area contributed by atoms with E-state index in [2.05, 4.69) is 39.8 Å². The van der Waals surface area contributed by atoms with Crippen LogP contribution in [-0.2, 0) is 6.42 Å². The number of aryl methyl sites for hydroxylation is 1. The second-order valence-corrected chi connectivity index (χ2v) is 9.45. The Morgan fingerprint density at radius 3 is 2.00 bits per heavy atom.